The largest absolute Gasteiger partial charge is 0.437 e. The summed E-state index contributed by atoms with van der Waals surface area (Å²) in [7, 11) is 0. The predicted octanol–water partition coefficient (Wildman–Crippen LogP) is 5.19. The second kappa shape index (κ2) is 6.48. The van der Waals surface area contributed by atoms with E-state index < -0.39 is 0 Å². The smallest absolute Gasteiger partial charge is 0.230 e. The second-order valence-corrected chi connectivity index (χ2v) is 6.53. The van der Waals surface area contributed by atoms with Crippen molar-refractivity contribution in [1.29, 1.82) is 0 Å². The summed E-state index contributed by atoms with van der Waals surface area (Å²) in [5, 5.41) is 0.886. The number of pyridine rings is 1. The van der Waals surface area contributed by atoms with Crippen molar-refractivity contribution in [2.45, 2.75) is 13.8 Å². The van der Waals surface area contributed by atoms with Crippen molar-refractivity contribution in [2.75, 3.05) is 0 Å². The molecular weight excluding hydrogens is 395 g/mol. The van der Waals surface area contributed by atoms with Crippen LogP contribution < -0.4 is 10.5 Å². The van der Waals surface area contributed by atoms with E-state index in [0.717, 1.165) is 11.3 Å². The SMILES string of the molecule is Cc1cc(C)c(C(N)=S)c(Oc2cc(Cl)c(Br)cc2Cl)n1. The van der Waals surface area contributed by atoms with Crippen LogP contribution in [0.3, 0.4) is 0 Å². The Morgan fingerprint density at radius 3 is 2.52 bits per heavy atom. The van der Waals surface area contributed by atoms with Gasteiger partial charge in [-0.05, 0) is 47.5 Å². The van der Waals surface area contributed by atoms with Gasteiger partial charge in [0.15, 0.2) is 0 Å². The van der Waals surface area contributed by atoms with Crippen molar-refractivity contribution < 1.29 is 4.74 Å². The molecule has 0 bridgehead atoms. The molecule has 0 spiro atoms. The van der Waals surface area contributed by atoms with E-state index in [2.05, 4.69) is 20.9 Å². The van der Waals surface area contributed by atoms with Gasteiger partial charge in [-0.1, -0.05) is 35.4 Å². The average Bonchev–Trinajstić information content (AvgIpc) is 2.34. The minimum atomic E-state index is 0.217. The van der Waals surface area contributed by atoms with Gasteiger partial charge in [-0.3, -0.25) is 0 Å². The summed E-state index contributed by atoms with van der Waals surface area (Å²) in [6, 6.07) is 5.15. The lowest BCUT2D eigenvalue weighted by Crippen LogP contribution is -2.14. The monoisotopic (exact) mass is 404 g/mol. The van der Waals surface area contributed by atoms with Crippen LogP contribution in [0.15, 0.2) is 22.7 Å². The normalized spacial score (nSPS) is 10.5. The first-order valence-corrected chi connectivity index (χ1v) is 7.85. The highest BCUT2D eigenvalue weighted by Gasteiger charge is 2.16. The van der Waals surface area contributed by atoms with Gasteiger partial charge in [0, 0.05) is 16.2 Å². The van der Waals surface area contributed by atoms with Gasteiger partial charge in [-0.15, -0.1) is 0 Å². The van der Waals surface area contributed by atoms with E-state index in [4.69, 9.17) is 45.9 Å². The van der Waals surface area contributed by atoms with Crippen molar-refractivity contribution in [1.82, 2.24) is 4.98 Å². The molecular formula is C14H11BrCl2N2OS. The number of hydrogen-bond acceptors (Lipinski definition) is 3. The highest BCUT2D eigenvalue weighted by Crippen LogP contribution is 2.37. The van der Waals surface area contributed by atoms with Crippen LogP contribution in [0.5, 0.6) is 11.6 Å². The number of rotatable bonds is 3. The van der Waals surface area contributed by atoms with Crippen LogP contribution in [0.25, 0.3) is 0 Å². The molecule has 0 amide bonds. The van der Waals surface area contributed by atoms with Crippen molar-refractivity contribution in [3.05, 3.63) is 49.5 Å². The molecule has 0 fully saturated rings. The van der Waals surface area contributed by atoms with Crippen LogP contribution in [0, 0.1) is 13.8 Å². The van der Waals surface area contributed by atoms with Gasteiger partial charge in [0.1, 0.15) is 10.7 Å². The van der Waals surface area contributed by atoms with E-state index >= 15 is 0 Å². The van der Waals surface area contributed by atoms with Gasteiger partial charge in [0.2, 0.25) is 5.88 Å². The third-order valence-electron chi connectivity index (χ3n) is 2.74. The van der Waals surface area contributed by atoms with Crippen LogP contribution in [-0.4, -0.2) is 9.97 Å². The highest BCUT2D eigenvalue weighted by atomic mass is 79.9. The molecule has 3 nitrogen and oxygen atoms in total. The van der Waals surface area contributed by atoms with Crippen LogP contribution >= 0.6 is 51.3 Å². The summed E-state index contributed by atoms with van der Waals surface area (Å²) in [5.41, 5.74) is 8.03. The Balaban J connectivity index is 2.54. The molecule has 0 saturated carbocycles. The molecule has 7 heteroatoms. The third kappa shape index (κ3) is 3.66. The fourth-order valence-corrected chi connectivity index (χ4v) is 2.94. The Morgan fingerprint density at radius 2 is 1.90 bits per heavy atom. The Bertz CT molecular complexity index is 737. The number of nitrogens with two attached hydrogens (primary N) is 1. The molecule has 0 unspecified atom stereocenters. The molecule has 110 valence electrons. The highest BCUT2D eigenvalue weighted by molar-refractivity contribution is 9.10. The van der Waals surface area contributed by atoms with Crippen molar-refractivity contribution >= 4 is 56.3 Å². The maximum Gasteiger partial charge on any atom is 0.230 e. The summed E-state index contributed by atoms with van der Waals surface area (Å²) < 4.78 is 6.47. The first-order valence-electron chi connectivity index (χ1n) is 5.90. The molecule has 1 heterocycles. The molecule has 0 aliphatic carbocycles. The van der Waals surface area contributed by atoms with Crippen LogP contribution in [0.1, 0.15) is 16.8 Å². The maximum atomic E-state index is 6.16. The number of halogens is 3. The Kier molecular flexibility index (Phi) is 5.09. The maximum absolute atomic E-state index is 6.16. The number of aromatic nitrogens is 1. The lowest BCUT2D eigenvalue weighted by molar-refractivity contribution is 0.460. The topological polar surface area (TPSA) is 48.1 Å². The molecule has 1 aromatic carbocycles. The van der Waals surface area contributed by atoms with E-state index in [9.17, 15) is 0 Å². The lowest BCUT2D eigenvalue weighted by atomic mass is 10.1. The molecule has 21 heavy (non-hydrogen) atoms. The Labute approximate surface area is 146 Å². The number of ether oxygens (including phenoxy) is 1. The summed E-state index contributed by atoms with van der Waals surface area (Å²) in [4.78, 5) is 4.56. The van der Waals surface area contributed by atoms with Gasteiger partial charge in [0.05, 0.1) is 15.6 Å². The molecule has 0 aliphatic heterocycles. The van der Waals surface area contributed by atoms with Crippen LogP contribution in [0.4, 0.5) is 0 Å². The number of benzene rings is 1. The predicted molar refractivity (Wildman–Crippen MR) is 93.8 cm³/mol. The summed E-state index contributed by atoms with van der Waals surface area (Å²) >= 11 is 20.6. The van der Waals surface area contributed by atoms with Gasteiger partial charge in [0.25, 0.3) is 0 Å². The van der Waals surface area contributed by atoms with Crippen molar-refractivity contribution in [3.63, 3.8) is 0 Å². The fourth-order valence-electron chi connectivity index (χ4n) is 1.86. The number of nitrogens with zero attached hydrogens (tertiary/aromatic N) is 1. The summed E-state index contributed by atoms with van der Waals surface area (Å²) in [5.74, 6) is 0.708. The third-order valence-corrected chi connectivity index (χ3v) is 4.44. The second-order valence-electron chi connectivity index (χ2n) is 4.42. The van der Waals surface area contributed by atoms with E-state index in [-0.39, 0.29) is 4.99 Å². The van der Waals surface area contributed by atoms with Crippen LogP contribution in [-0.2, 0) is 0 Å². The fraction of sp³-hybridized carbons (Fsp3) is 0.143. The minimum Gasteiger partial charge on any atom is -0.437 e. The van der Waals surface area contributed by atoms with Gasteiger partial charge in [-0.25, -0.2) is 4.98 Å². The number of aryl methyl sites for hydroxylation is 2. The standard InChI is InChI=1S/C14H11BrCl2N2OS/c1-6-3-7(2)19-14(12(6)13(18)21)20-11-5-9(16)8(15)4-10(11)17/h3-5H,1-2H3,(H2,18,21). The average molecular weight is 406 g/mol. The van der Waals surface area contributed by atoms with E-state index in [1.165, 1.54) is 0 Å². The zero-order valence-electron chi connectivity index (χ0n) is 11.2. The van der Waals surface area contributed by atoms with E-state index in [1.54, 1.807) is 12.1 Å². The zero-order chi connectivity index (χ0) is 15.7. The quantitative estimate of drug-likeness (QED) is 0.563. The number of hydrogen-bond donors (Lipinski definition) is 1. The first kappa shape index (κ1) is 16.5. The summed E-state index contributed by atoms with van der Waals surface area (Å²) in [6.45, 7) is 3.76. The van der Waals surface area contributed by atoms with Gasteiger partial charge >= 0.3 is 0 Å². The molecule has 0 aliphatic rings. The number of thiocarbonyl (C=S) groups is 1. The Morgan fingerprint density at radius 1 is 1.24 bits per heavy atom. The molecule has 2 N–H and O–H groups in total. The summed E-state index contributed by atoms with van der Waals surface area (Å²) in [6.07, 6.45) is 0. The molecule has 0 saturated heterocycles. The molecule has 2 aromatic rings. The molecule has 2 rings (SSSR count). The van der Waals surface area contributed by atoms with Crippen LogP contribution in [0.2, 0.25) is 10.0 Å². The van der Waals surface area contributed by atoms with Crippen molar-refractivity contribution in [3.8, 4) is 11.6 Å². The van der Waals surface area contributed by atoms with E-state index in [0.29, 0.717) is 31.7 Å². The van der Waals surface area contributed by atoms with Gasteiger partial charge in [-0.2, -0.15) is 0 Å². The van der Waals surface area contributed by atoms with Gasteiger partial charge < -0.3 is 10.5 Å². The Hall–Kier alpha value is -0.880. The minimum absolute atomic E-state index is 0.217. The molecule has 0 atom stereocenters. The molecule has 0 radical (unpaired) electrons. The lowest BCUT2D eigenvalue weighted by Gasteiger charge is -2.14. The van der Waals surface area contributed by atoms with E-state index in [1.807, 2.05) is 19.9 Å². The van der Waals surface area contributed by atoms with Crippen molar-refractivity contribution in [2.24, 2.45) is 5.73 Å². The first-order chi connectivity index (χ1) is 9.79. The zero-order valence-corrected chi connectivity index (χ0v) is 15.1. The molecule has 1 aromatic heterocycles.